The van der Waals surface area contributed by atoms with E-state index in [0.717, 1.165) is 62.2 Å². The summed E-state index contributed by atoms with van der Waals surface area (Å²) in [5.41, 5.74) is 4.80. The molecule has 0 aliphatic carbocycles. The maximum atomic E-state index is 13.5. The average molecular weight is 730 g/mol. The van der Waals surface area contributed by atoms with Crippen LogP contribution in [0.5, 0.6) is 5.75 Å². The lowest BCUT2D eigenvalue weighted by atomic mass is 10.0. The number of benzene rings is 3. The number of unbranched alkanes of at least 4 members (excludes halogenated alkanes) is 2. The Kier molecular flexibility index (Phi) is 12.7. The number of hydrogen-bond acceptors (Lipinski definition) is 8. The number of carbonyl (C=O) groups excluding carboxylic acids is 3. The zero-order chi connectivity index (χ0) is 37.3. The summed E-state index contributed by atoms with van der Waals surface area (Å²) in [5, 5.41) is 22.2. The lowest BCUT2D eigenvalue weighted by molar-refractivity contribution is -0.434. The predicted octanol–water partition coefficient (Wildman–Crippen LogP) is 2.75. The molecule has 1 aromatic heterocycles. The summed E-state index contributed by atoms with van der Waals surface area (Å²) >= 11 is 0. The topological polar surface area (TPSA) is 200 Å². The second kappa shape index (κ2) is 16.8. The van der Waals surface area contributed by atoms with Crippen LogP contribution < -0.4 is 25.6 Å². The summed E-state index contributed by atoms with van der Waals surface area (Å²) in [7, 11) is -2.20. The molecule has 272 valence electrons. The fourth-order valence-electron chi connectivity index (χ4n) is 5.66. The van der Waals surface area contributed by atoms with E-state index in [4.69, 9.17) is 24.8 Å². The molecule has 5 rings (SSSR count). The molecule has 1 aliphatic heterocycles. The van der Waals surface area contributed by atoms with Gasteiger partial charge in [0.2, 0.25) is 21.8 Å². The summed E-state index contributed by atoms with van der Waals surface area (Å²) in [6.45, 7) is 1.96. The molecule has 4 aromatic rings. The fraction of sp³-hybridized carbons (Fsp3) is 0.314. The van der Waals surface area contributed by atoms with Crippen LogP contribution in [0.2, 0.25) is 0 Å². The number of ketones is 1. The zero-order valence-electron chi connectivity index (χ0n) is 27.9. The van der Waals surface area contributed by atoms with Crippen molar-refractivity contribution in [1.82, 2.24) is 10.3 Å². The largest absolute Gasteiger partial charge is 0.542 e. The van der Waals surface area contributed by atoms with E-state index in [1.807, 2.05) is 48.8 Å². The number of aliphatic imine (C=N–C) groups is 1. The Morgan fingerprint density at radius 1 is 1.04 bits per heavy atom. The van der Waals surface area contributed by atoms with Gasteiger partial charge in [-0.15, -0.1) is 0 Å². The minimum atomic E-state index is -5.19. The number of quaternary nitrogens is 1. The molecule has 0 radical (unpaired) electrons. The number of halogens is 3. The average Bonchev–Trinajstić information content (AvgIpc) is 3.67. The molecule has 6 N–H and O–H groups in total. The lowest BCUT2D eigenvalue weighted by Gasteiger charge is -2.17. The standard InChI is InChI=1S/C33H37N5O5S.C2HF3O2/c1-21-27(28-17-26(43-2)14-15-29(28)36-21)18-32(40)37-30(11-5-3-4-10-25(39)20-44(34,41)42)33-35-19-31(38-33)24-13-12-22-8-6-7-9-23(22)16-24;3-2(4,5)1(6)7/h6-9,12-17,19,30,36H,3-5,10-11,18,20H2,1-2H3,(H,35,38)(H,37,40)(H2,34,41,42);(H,6,7)/t30-;/m0./s1. The maximum Gasteiger partial charge on any atom is 0.430 e. The molecule has 3 aromatic carbocycles. The molecule has 0 fully saturated rings. The number of rotatable bonds is 14. The van der Waals surface area contributed by atoms with E-state index in [9.17, 15) is 31.2 Å². The van der Waals surface area contributed by atoms with Crippen molar-refractivity contribution < 1.29 is 51.1 Å². The smallest absolute Gasteiger partial charge is 0.430 e. The third-order valence-electron chi connectivity index (χ3n) is 8.14. The summed E-state index contributed by atoms with van der Waals surface area (Å²) in [5.74, 6) is -2.67. The van der Waals surface area contributed by atoms with Crippen LogP contribution in [0.25, 0.3) is 27.4 Å². The number of carboxylic acid groups (broad SMARTS) is 1. The van der Waals surface area contributed by atoms with E-state index in [-0.39, 0.29) is 30.6 Å². The molecule has 12 nitrogen and oxygen atoms in total. The van der Waals surface area contributed by atoms with Gasteiger partial charge in [-0.3, -0.25) is 14.9 Å². The highest BCUT2D eigenvalue weighted by atomic mass is 32.2. The van der Waals surface area contributed by atoms with Gasteiger partial charge < -0.3 is 24.9 Å². The highest BCUT2D eigenvalue weighted by molar-refractivity contribution is 7.89. The Morgan fingerprint density at radius 2 is 1.75 bits per heavy atom. The Bertz CT molecular complexity index is 2090. The molecule has 0 spiro atoms. The van der Waals surface area contributed by atoms with E-state index in [1.165, 1.54) is 0 Å². The summed E-state index contributed by atoms with van der Waals surface area (Å²) < 4.78 is 59.3. The zero-order valence-corrected chi connectivity index (χ0v) is 28.7. The number of nitrogens with two attached hydrogens (primary N) is 2. The Hall–Kier alpha value is -5.06. The molecule has 51 heavy (non-hydrogen) atoms. The number of sulfonamides is 1. The number of nitrogens with one attached hydrogen (secondary N) is 2. The first-order chi connectivity index (χ1) is 24.0. The van der Waals surface area contributed by atoms with Crippen molar-refractivity contribution in [2.75, 3.05) is 12.9 Å². The second-order valence-electron chi connectivity index (χ2n) is 12.0. The van der Waals surface area contributed by atoms with Crippen LogP contribution in [-0.4, -0.2) is 62.0 Å². The van der Waals surface area contributed by atoms with Crippen LogP contribution in [0.1, 0.15) is 48.9 Å². The summed E-state index contributed by atoms with van der Waals surface area (Å²) in [6, 6.07) is 19.9. The number of H-pyrrole nitrogens is 1. The number of amides is 1. The number of alkyl halides is 3. The van der Waals surface area contributed by atoms with E-state index >= 15 is 0 Å². The number of fused-ring (bicyclic) bond motifs is 2. The summed E-state index contributed by atoms with van der Waals surface area (Å²) in [4.78, 5) is 42.2. The number of aromatic amines is 1. The number of aromatic nitrogens is 1. The number of primary sulfonamides is 1. The van der Waals surface area contributed by atoms with Crippen molar-refractivity contribution in [1.29, 1.82) is 0 Å². The predicted molar refractivity (Wildman–Crippen MR) is 184 cm³/mol. The Morgan fingerprint density at radius 3 is 2.41 bits per heavy atom. The van der Waals surface area contributed by atoms with Crippen LogP contribution in [-0.2, 0) is 30.8 Å². The van der Waals surface area contributed by atoms with E-state index < -0.39 is 27.9 Å². The van der Waals surface area contributed by atoms with Crippen LogP contribution >= 0.6 is 0 Å². The van der Waals surface area contributed by atoms with Crippen molar-refractivity contribution >= 4 is 60.9 Å². The number of nitrogens with zero attached hydrogens (tertiary/aromatic N) is 1. The Balaban J connectivity index is 0.000000755. The number of carbonyl (C=O) groups is 3. The summed E-state index contributed by atoms with van der Waals surface area (Å²) in [6.07, 6.45) is -0.447. The quantitative estimate of drug-likeness (QED) is 0.143. The minimum absolute atomic E-state index is 0.125. The maximum absolute atomic E-state index is 13.5. The van der Waals surface area contributed by atoms with Gasteiger partial charge in [0.15, 0.2) is 5.70 Å². The lowest BCUT2D eigenvalue weighted by Crippen LogP contribution is -2.87. The number of amidine groups is 1. The van der Waals surface area contributed by atoms with Crippen LogP contribution in [0, 0.1) is 6.92 Å². The minimum Gasteiger partial charge on any atom is -0.542 e. The fourth-order valence-corrected chi connectivity index (χ4v) is 6.25. The van der Waals surface area contributed by atoms with Gasteiger partial charge in [-0.1, -0.05) is 43.2 Å². The molecule has 0 unspecified atom stereocenters. The van der Waals surface area contributed by atoms with Gasteiger partial charge in [-0.05, 0) is 66.4 Å². The number of carboxylic acids is 1. The third kappa shape index (κ3) is 11.2. The Labute approximate surface area is 292 Å². The molecule has 16 heteroatoms. The van der Waals surface area contributed by atoms with Gasteiger partial charge in [0.25, 0.3) is 0 Å². The first-order valence-corrected chi connectivity index (χ1v) is 17.6. The molecule has 1 atom stereocenters. The van der Waals surface area contributed by atoms with E-state index in [0.29, 0.717) is 19.3 Å². The van der Waals surface area contributed by atoms with Crippen molar-refractivity contribution in [3.8, 4) is 5.75 Å². The molecule has 1 aliphatic rings. The third-order valence-corrected chi connectivity index (χ3v) is 8.86. The van der Waals surface area contributed by atoms with Gasteiger partial charge in [0.05, 0.1) is 19.7 Å². The SMILES string of the molecule is COc1ccc2[nH]c(C)c(CC(=O)N[C@@H](CCCCCC(=O)CS(N)(=O)=O)C3=NC=C(c4ccc5ccccc5c4)[NH2+]3)c2c1.O=C([O-])C(F)(F)F. The van der Waals surface area contributed by atoms with Crippen molar-refractivity contribution in [3.05, 3.63) is 83.7 Å². The van der Waals surface area contributed by atoms with Gasteiger partial charge in [-0.2, -0.15) is 13.2 Å². The first-order valence-electron chi connectivity index (χ1n) is 15.9. The van der Waals surface area contributed by atoms with Gasteiger partial charge in [-0.25, -0.2) is 18.5 Å². The number of Topliss-reactive ketones (excluding diaryl/α,β-unsaturated/α-hetero) is 1. The highest BCUT2D eigenvalue weighted by Crippen LogP contribution is 2.27. The number of aliphatic carboxylic acids is 1. The number of methoxy groups -OCH3 is 1. The normalized spacial score (nSPS) is 13.6. The van der Waals surface area contributed by atoms with E-state index in [2.05, 4.69) is 40.6 Å². The van der Waals surface area contributed by atoms with E-state index in [1.54, 1.807) is 7.11 Å². The first kappa shape index (κ1) is 38.7. The number of ether oxygens (including phenoxy) is 1. The second-order valence-corrected chi connectivity index (χ2v) is 13.6. The van der Waals surface area contributed by atoms with Crippen LogP contribution in [0.4, 0.5) is 13.2 Å². The molecular formula is C35H38F3N5O7S. The monoisotopic (exact) mass is 729 g/mol. The van der Waals surface area contributed by atoms with Gasteiger partial charge in [0, 0.05) is 28.6 Å². The van der Waals surface area contributed by atoms with Crippen LogP contribution in [0.3, 0.4) is 0 Å². The molecule has 0 bridgehead atoms. The molecule has 0 saturated carbocycles. The van der Waals surface area contributed by atoms with Crippen molar-refractivity contribution in [3.63, 3.8) is 0 Å². The van der Waals surface area contributed by atoms with Crippen LogP contribution in [0.15, 0.2) is 71.9 Å². The van der Waals surface area contributed by atoms with Gasteiger partial charge >= 0.3 is 6.18 Å². The van der Waals surface area contributed by atoms with Gasteiger partial charge in [0.1, 0.15) is 29.3 Å². The number of hydrogen-bond donors (Lipinski definition) is 4. The van der Waals surface area contributed by atoms with Crippen molar-refractivity contribution in [2.24, 2.45) is 10.1 Å². The highest BCUT2D eigenvalue weighted by Gasteiger charge is 2.29. The van der Waals surface area contributed by atoms with Crippen molar-refractivity contribution in [2.45, 2.75) is 57.7 Å². The molecule has 1 amide bonds. The molecular weight excluding hydrogens is 691 g/mol. The molecule has 0 saturated heterocycles. The molecule has 2 heterocycles. The number of aryl methyl sites for hydroxylation is 1.